The molecular weight excluding hydrogens is 142 g/mol. The molecule has 0 fully saturated rings. The van der Waals surface area contributed by atoms with Crippen LogP contribution in [0.1, 0.15) is 11.1 Å². The zero-order chi connectivity index (χ0) is 8.10. The predicted molar refractivity (Wildman–Crippen MR) is 39.5 cm³/mol. The third kappa shape index (κ3) is 2.04. The SMILES string of the molecule is Cc1cnccc1CO[C]=O. The first-order valence-electron chi connectivity index (χ1n) is 3.23. The van der Waals surface area contributed by atoms with Crippen molar-refractivity contribution in [1.82, 2.24) is 4.98 Å². The summed E-state index contributed by atoms with van der Waals surface area (Å²) in [6.07, 6.45) is 3.39. The minimum absolute atomic E-state index is 0.276. The van der Waals surface area contributed by atoms with Gasteiger partial charge >= 0.3 is 6.47 Å². The zero-order valence-corrected chi connectivity index (χ0v) is 6.20. The molecule has 0 aliphatic heterocycles. The summed E-state index contributed by atoms with van der Waals surface area (Å²) in [6.45, 7) is 3.56. The van der Waals surface area contributed by atoms with E-state index in [0.29, 0.717) is 0 Å². The van der Waals surface area contributed by atoms with Gasteiger partial charge in [-0.1, -0.05) is 0 Å². The van der Waals surface area contributed by atoms with E-state index in [4.69, 9.17) is 0 Å². The number of rotatable bonds is 3. The van der Waals surface area contributed by atoms with Crippen LogP contribution in [0.3, 0.4) is 0 Å². The van der Waals surface area contributed by atoms with Crippen LogP contribution in [0.5, 0.6) is 0 Å². The molecule has 1 aromatic heterocycles. The van der Waals surface area contributed by atoms with E-state index in [-0.39, 0.29) is 6.61 Å². The quantitative estimate of drug-likeness (QED) is 0.644. The topological polar surface area (TPSA) is 39.2 Å². The van der Waals surface area contributed by atoms with Crippen LogP contribution in [0.25, 0.3) is 0 Å². The van der Waals surface area contributed by atoms with Gasteiger partial charge in [0.25, 0.3) is 0 Å². The molecule has 0 amide bonds. The van der Waals surface area contributed by atoms with E-state index in [1.807, 2.05) is 13.0 Å². The number of aryl methyl sites for hydroxylation is 1. The van der Waals surface area contributed by atoms with E-state index in [9.17, 15) is 4.79 Å². The Kier molecular flexibility index (Phi) is 2.60. The first-order valence-corrected chi connectivity index (χ1v) is 3.23. The molecule has 0 N–H and O–H groups in total. The van der Waals surface area contributed by atoms with Gasteiger partial charge in [0, 0.05) is 12.4 Å². The Labute approximate surface area is 65.0 Å². The van der Waals surface area contributed by atoms with Gasteiger partial charge in [-0.05, 0) is 24.1 Å². The summed E-state index contributed by atoms with van der Waals surface area (Å²) in [7, 11) is 0. The highest BCUT2D eigenvalue weighted by atomic mass is 16.5. The Morgan fingerprint density at radius 3 is 3.18 bits per heavy atom. The summed E-state index contributed by atoms with van der Waals surface area (Å²) in [5.74, 6) is 0. The molecule has 0 saturated heterocycles. The lowest BCUT2D eigenvalue weighted by molar-refractivity contribution is 0.266. The average Bonchev–Trinajstić information content (AvgIpc) is 2.03. The van der Waals surface area contributed by atoms with E-state index >= 15 is 0 Å². The predicted octanol–water partition coefficient (Wildman–Crippen LogP) is 0.974. The zero-order valence-electron chi connectivity index (χ0n) is 6.20. The molecule has 3 nitrogen and oxygen atoms in total. The van der Waals surface area contributed by atoms with Crippen LogP contribution >= 0.6 is 0 Å². The molecular formula is C8H8NO2. The number of nitrogens with zero attached hydrogens (tertiary/aromatic N) is 1. The lowest BCUT2D eigenvalue weighted by atomic mass is 10.2. The van der Waals surface area contributed by atoms with Gasteiger partial charge in [-0.15, -0.1) is 0 Å². The van der Waals surface area contributed by atoms with Crippen LogP contribution in [0, 0.1) is 6.92 Å². The third-order valence-corrected chi connectivity index (χ3v) is 1.42. The number of aromatic nitrogens is 1. The van der Waals surface area contributed by atoms with Crippen molar-refractivity contribution in [3.8, 4) is 0 Å². The largest absolute Gasteiger partial charge is 0.452 e. The van der Waals surface area contributed by atoms with Crippen molar-refractivity contribution in [3.63, 3.8) is 0 Å². The summed E-state index contributed by atoms with van der Waals surface area (Å²) >= 11 is 0. The molecule has 1 aromatic rings. The van der Waals surface area contributed by atoms with Gasteiger partial charge in [-0.25, -0.2) is 4.79 Å². The van der Waals surface area contributed by atoms with Crippen LogP contribution in [0.2, 0.25) is 0 Å². The van der Waals surface area contributed by atoms with Crippen molar-refractivity contribution in [2.75, 3.05) is 0 Å². The summed E-state index contributed by atoms with van der Waals surface area (Å²) in [5, 5.41) is 0. The Balaban J connectivity index is 2.69. The summed E-state index contributed by atoms with van der Waals surface area (Å²) < 4.78 is 4.47. The summed E-state index contributed by atoms with van der Waals surface area (Å²) in [5.41, 5.74) is 1.98. The van der Waals surface area contributed by atoms with Crippen LogP contribution in [0.4, 0.5) is 0 Å². The molecule has 0 aromatic carbocycles. The maximum absolute atomic E-state index is 9.73. The van der Waals surface area contributed by atoms with Crippen LogP contribution in [-0.4, -0.2) is 11.5 Å². The van der Waals surface area contributed by atoms with Crippen LogP contribution < -0.4 is 0 Å². The number of pyridine rings is 1. The normalized spacial score (nSPS) is 9.18. The second-order valence-corrected chi connectivity index (χ2v) is 2.17. The Hall–Kier alpha value is -1.38. The minimum Gasteiger partial charge on any atom is -0.452 e. The third-order valence-electron chi connectivity index (χ3n) is 1.42. The van der Waals surface area contributed by atoms with E-state index in [0.717, 1.165) is 11.1 Å². The minimum atomic E-state index is 0.276. The van der Waals surface area contributed by atoms with Crippen molar-refractivity contribution >= 4 is 6.47 Å². The highest BCUT2D eigenvalue weighted by Gasteiger charge is 1.96. The molecule has 11 heavy (non-hydrogen) atoms. The molecule has 57 valence electrons. The van der Waals surface area contributed by atoms with E-state index < -0.39 is 0 Å². The van der Waals surface area contributed by atoms with Gasteiger partial charge in [0.2, 0.25) is 0 Å². The van der Waals surface area contributed by atoms with Crippen molar-refractivity contribution in [3.05, 3.63) is 29.6 Å². The van der Waals surface area contributed by atoms with E-state index in [1.165, 1.54) is 6.47 Å². The summed E-state index contributed by atoms with van der Waals surface area (Å²) in [6, 6.07) is 1.81. The monoisotopic (exact) mass is 150 g/mol. The fourth-order valence-electron chi connectivity index (χ4n) is 0.771. The Bertz CT molecular complexity index is 248. The number of hydrogen-bond donors (Lipinski definition) is 0. The van der Waals surface area contributed by atoms with Gasteiger partial charge in [-0.2, -0.15) is 0 Å². The first kappa shape index (κ1) is 7.72. The molecule has 0 aliphatic carbocycles. The fourth-order valence-corrected chi connectivity index (χ4v) is 0.771. The van der Waals surface area contributed by atoms with Crippen molar-refractivity contribution in [2.45, 2.75) is 13.5 Å². The average molecular weight is 150 g/mol. The highest BCUT2D eigenvalue weighted by Crippen LogP contribution is 2.05. The molecule has 0 spiro atoms. The van der Waals surface area contributed by atoms with Crippen LogP contribution in [-0.2, 0) is 16.1 Å². The van der Waals surface area contributed by atoms with Gasteiger partial charge in [0.15, 0.2) is 0 Å². The smallest absolute Gasteiger partial charge is 0.417 e. The standard InChI is InChI=1S/C8H8NO2/c1-7-4-9-3-2-8(7)5-11-6-10/h2-4H,5H2,1H3. The Morgan fingerprint density at radius 2 is 2.55 bits per heavy atom. The molecule has 0 unspecified atom stereocenters. The number of ether oxygens (including phenoxy) is 1. The van der Waals surface area contributed by atoms with Crippen molar-refractivity contribution < 1.29 is 9.53 Å². The fraction of sp³-hybridized carbons (Fsp3) is 0.250. The second kappa shape index (κ2) is 3.71. The first-order chi connectivity index (χ1) is 5.34. The molecule has 1 radical (unpaired) electrons. The van der Waals surface area contributed by atoms with Gasteiger partial charge in [0.05, 0.1) is 0 Å². The molecule has 1 heterocycles. The number of hydrogen-bond acceptors (Lipinski definition) is 3. The molecule has 0 atom stereocenters. The summed E-state index contributed by atoms with van der Waals surface area (Å²) in [4.78, 5) is 13.6. The van der Waals surface area contributed by atoms with Gasteiger partial charge in [0.1, 0.15) is 6.61 Å². The van der Waals surface area contributed by atoms with Crippen molar-refractivity contribution in [1.29, 1.82) is 0 Å². The Morgan fingerprint density at radius 1 is 1.73 bits per heavy atom. The lowest BCUT2D eigenvalue weighted by Gasteiger charge is -2.00. The molecule has 3 heteroatoms. The maximum atomic E-state index is 9.73. The number of carbonyl (C=O) groups excluding carboxylic acids is 1. The molecule has 0 bridgehead atoms. The van der Waals surface area contributed by atoms with E-state index in [1.54, 1.807) is 12.4 Å². The second-order valence-electron chi connectivity index (χ2n) is 2.17. The maximum Gasteiger partial charge on any atom is 0.417 e. The van der Waals surface area contributed by atoms with Gasteiger partial charge < -0.3 is 4.74 Å². The lowest BCUT2D eigenvalue weighted by Crippen LogP contribution is -1.93. The van der Waals surface area contributed by atoms with Crippen molar-refractivity contribution in [2.24, 2.45) is 0 Å². The van der Waals surface area contributed by atoms with Crippen LogP contribution in [0.15, 0.2) is 18.5 Å². The van der Waals surface area contributed by atoms with Gasteiger partial charge in [-0.3, -0.25) is 4.98 Å². The highest BCUT2D eigenvalue weighted by molar-refractivity contribution is 5.38. The molecule has 1 rings (SSSR count). The van der Waals surface area contributed by atoms with E-state index in [2.05, 4.69) is 9.72 Å². The molecule has 0 saturated carbocycles. The molecule has 0 aliphatic rings.